The highest BCUT2D eigenvalue weighted by atomic mass is 16.4. The number of hydrogen-bond donors (Lipinski definition) is 1. The van der Waals surface area contributed by atoms with Crippen molar-refractivity contribution in [2.75, 3.05) is 0 Å². The summed E-state index contributed by atoms with van der Waals surface area (Å²) in [5.74, 6) is -1.38. The van der Waals surface area contributed by atoms with E-state index < -0.39 is 5.97 Å². The number of hydrogen-bond acceptors (Lipinski definition) is 2. The Balaban J connectivity index is 4.19. The molecule has 0 spiro atoms. The molecule has 0 aliphatic carbocycles. The molecule has 0 saturated carbocycles. The largest absolute Gasteiger partial charge is 0.875 e. The summed E-state index contributed by atoms with van der Waals surface area (Å²) in [6, 6.07) is 0. The maximum atomic E-state index is 10.8. The molecule has 0 heterocycles. The standard InChI is InChI=1S/C7H12O3/c1-3-4-6(8)5(2)7(9)10/h8H,3-4H2,1-2H3,(H,9,10)/p-1/b6-5-. The Kier molecular flexibility index (Phi) is 3.54. The van der Waals surface area contributed by atoms with E-state index >= 15 is 0 Å². The first-order valence-corrected chi connectivity index (χ1v) is 3.19. The highest BCUT2D eigenvalue weighted by molar-refractivity contribution is 5.86. The van der Waals surface area contributed by atoms with E-state index in [4.69, 9.17) is 5.11 Å². The van der Waals surface area contributed by atoms with Gasteiger partial charge < -0.3 is 10.2 Å². The topological polar surface area (TPSA) is 60.4 Å². The highest BCUT2D eigenvalue weighted by Gasteiger charge is 1.99. The fourth-order valence-corrected chi connectivity index (χ4v) is 0.534. The molecule has 10 heavy (non-hydrogen) atoms. The van der Waals surface area contributed by atoms with Gasteiger partial charge >= 0.3 is 5.97 Å². The molecule has 0 aliphatic rings. The second-order valence-corrected chi connectivity index (χ2v) is 2.10. The summed E-state index contributed by atoms with van der Waals surface area (Å²) in [5, 5.41) is 19.1. The van der Waals surface area contributed by atoms with E-state index in [1.54, 1.807) is 0 Å². The second-order valence-electron chi connectivity index (χ2n) is 2.10. The van der Waals surface area contributed by atoms with Gasteiger partial charge in [0.25, 0.3) is 0 Å². The van der Waals surface area contributed by atoms with Crippen LogP contribution in [0.25, 0.3) is 0 Å². The first-order valence-electron chi connectivity index (χ1n) is 3.19. The van der Waals surface area contributed by atoms with E-state index in [2.05, 4.69) is 0 Å². The number of aliphatic carboxylic acids is 1. The van der Waals surface area contributed by atoms with Crippen molar-refractivity contribution in [3.05, 3.63) is 11.3 Å². The Morgan fingerprint density at radius 2 is 2.10 bits per heavy atom. The van der Waals surface area contributed by atoms with E-state index in [0.717, 1.165) is 0 Å². The van der Waals surface area contributed by atoms with Crippen molar-refractivity contribution in [3.8, 4) is 0 Å². The van der Waals surface area contributed by atoms with Gasteiger partial charge in [-0.05, 0) is 13.3 Å². The van der Waals surface area contributed by atoms with Gasteiger partial charge in [0, 0.05) is 5.57 Å². The Morgan fingerprint density at radius 3 is 2.40 bits per heavy atom. The van der Waals surface area contributed by atoms with Gasteiger partial charge in [0.1, 0.15) is 0 Å². The number of carbonyl (C=O) groups is 1. The molecule has 0 aromatic rings. The van der Waals surface area contributed by atoms with Crippen molar-refractivity contribution in [1.82, 2.24) is 0 Å². The SMILES string of the molecule is CCC/C([O-])=C(\C)C(=O)O. The molecule has 1 N–H and O–H groups in total. The molecular weight excluding hydrogens is 132 g/mol. The molecule has 0 aromatic carbocycles. The third-order valence-corrected chi connectivity index (χ3v) is 1.22. The molecule has 0 bridgehead atoms. The van der Waals surface area contributed by atoms with Gasteiger partial charge in [-0.15, -0.1) is 5.76 Å². The summed E-state index contributed by atoms with van der Waals surface area (Å²) in [7, 11) is 0. The number of allylic oxidation sites excluding steroid dienone is 1. The fourth-order valence-electron chi connectivity index (χ4n) is 0.534. The zero-order chi connectivity index (χ0) is 8.15. The summed E-state index contributed by atoms with van der Waals surface area (Å²) >= 11 is 0. The average Bonchev–Trinajstić information content (AvgIpc) is 1.87. The van der Waals surface area contributed by atoms with Crippen molar-refractivity contribution in [2.24, 2.45) is 0 Å². The molecule has 0 amide bonds. The Labute approximate surface area is 60.0 Å². The van der Waals surface area contributed by atoms with Gasteiger partial charge in [-0.25, -0.2) is 4.79 Å². The number of carboxylic acid groups (broad SMARTS) is 1. The Hall–Kier alpha value is -0.990. The minimum Gasteiger partial charge on any atom is -0.875 e. The monoisotopic (exact) mass is 143 g/mol. The lowest BCUT2D eigenvalue weighted by Crippen LogP contribution is -2.11. The van der Waals surface area contributed by atoms with Crippen molar-refractivity contribution >= 4 is 5.97 Å². The lowest BCUT2D eigenvalue weighted by molar-refractivity contribution is -0.308. The quantitative estimate of drug-likeness (QED) is 0.462. The molecule has 0 saturated heterocycles. The molecule has 3 heteroatoms. The van der Waals surface area contributed by atoms with E-state index in [9.17, 15) is 9.90 Å². The first-order chi connectivity index (χ1) is 4.59. The van der Waals surface area contributed by atoms with Crippen LogP contribution in [0.2, 0.25) is 0 Å². The van der Waals surface area contributed by atoms with Crippen LogP contribution >= 0.6 is 0 Å². The van der Waals surface area contributed by atoms with Crippen LogP contribution in [-0.4, -0.2) is 11.1 Å². The lowest BCUT2D eigenvalue weighted by atomic mass is 10.2. The third kappa shape index (κ3) is 2.53. The molecular formula is C7H11O3-. The van der Waals surface area contributed by atoms with Gasteiger partial charge in [0.05, 0.1) is 0 Å². The summed E-state index contributed by atoms with van der Waals surface area (Å²) < 4.78 is 0. The van der Waals surface area contributed by atoms with Gasteiger partial charge in [0.2, 0.25) is 0 Å². The van der Waals surface area contributed by atoms with Crippen molar-refractivity contribution in [3.63, 3.8) is 0 Å². The minimum absolute atomic E-state index is 0.0677. The molecule has 0 aromatic heterocycles. The van der Waals surface area contributed by atoms with Crippen LogP contribution in [0.3, 0.4) is 0 Å². The van der Waals surface area contributed by atoms with Crippen LogP contribution in [0.15, 0.2) is 11.3 Å². The normalized spacial score (nSPS) is 12.6. The zero-order valence-electron chi connectivity index (χ0n) is 6.18. The number of rotatable bonds is 3. The molecule has 0 fully saturated rings. The van der Waals surface area contributed by atoms with Crippen molar-refractivity contribution in [2.45, 2.75) is 26.7 Å². The lowest BCUT2D eigenvalue weighted by Gasteiger charge is -2.11. The van der Waals surface area contributed by atoms with Gasteiger partial charge in [-0.1, -0.05) is 13.3 Å². The van der Waals surface area contributed by atoms with Gasteiger partial charge in [-0.2, -0.15) is 0 Å². The van der Waals surface area contributed by atoms with E-state index in [1.165, 1.54) is 6.92 Å². The molecule has 0 radical (unpaired) electrons. The Morgan fingerprint density at radius 1 is 1.60 bits per heavy atom. The molecule has 58 valence electrons. The second kappa shape index (κ2) is 3.93. The highest BCUT2D eigenvalue weighted by Crippen LogP contribution is 2.03. The molecule has 0 unspecified atom stereocenters. The van der Waals surface area contributed by atoms with E-state index in [1.807, 2.05) is 6.92 Å². The van der Waals surface area contributed by atoms with Gasteiger partial charge in [0.15, 0.2) is 0 Å². The van der Waals surface area contributed by atoms with Crippen LogP contribution in [0.1, 0.15) is 26.7 Å². The molecule has 0 atom stereocenters. The smallest absolute Gasteiger partial charge is 0.330 e. The van der Waals surface area contributed by atoms with E-state index in [0.29, 0.717) is 12.8 Å². The van der Waals surface area contributed by atoms with E-state index in [-0.39, 0.29) is 11.3 Å². The van der Waals surface area contributed by atoms with Gasteiger partial charge in [-0.3, -0.25) is 0 Å². The molecule has 0 rings (SSSR count). The predicted octanol–water partition coefficient (Wildman–Crippen LogP) is 0.505. The molecule has 3 nitrogen and oxygen atoms in total. The van der Waals surface area contributed by atoms with Crippen molar-refractivity contribution < 1.29 is 15.0 Å². The van der Waals surface area contributed by atoms with Crippen LogP contribution in [0.5, 0.6) is 0 Å². The predicted molar refractivity (Wildman–Crippen MR) is 35.2 cm³/mol. The fraction of sp³-hybridized carbons (Fsp3) is 0.571. The summed E-state index contributed by atoms with van der Waals surface area (Å²) in [6.07, 6.45) is 1.03. The zero-order valence-corrected chi connectivity index (χ0v) is 6.18. The third-order valence-electron chi connectivity index (χ3n) is 1.22. The molecule has 0 aliphatic heterocycles. The van der Waals surface area contributed by atoms with Crippen LogP contribution in [-0.2, 0) is 4.79 Å². The summed E-state index contributed by atoms with van der Waals surface area (Å²) in [5.41, 5.74) is -0.0677. The summed E-state index contributed by atoms with van der Waals surface area (Å²) in [6.45, 7) is 3.17. The number of carboxylic acids is 1. The summed E-state index contributed by atoms with van der Waals surface area (Å²) in [4.78, 5) is 10.2. The maximum absolute atomic E-state index is 10.8. The van der Waals surface area contributed by atoms with Crippen LogP contribution < -0.4 is 5.11 Å². The first kappa shape index (κ1) is 9.01. The van der Waals surface area contributed by atoms with Crippen LogP contribution in [0.4, 0.5) is 0 Å². The minimum atomic E-state index is -1.11. The van der Waals surface area contributed by atoms with Crippen LogP contribution in [0, 0.1) is 0 Å². The maximum Gasteiger partial charge on any atom is 0.330 e. The van der Waals surface area contributed by atoms with Crippen molar-refractivity contribution in [1.29, 1.82) is 0 Å². The average molecular weight is 143 g/mol. The Bertz CT molecular complexity index is 158.